The Labute approximate surface area is 161 Å². The van der Waals surface area contributed by atoms with Crippen molar-refractivity contribution in [3.63, 3.8) is 0 Å². The quantitative estimate of drug-likeness (QED) is 0.848. The molecule has 2 heterocycles. The molecular formula is C18H21ClN4O2S. The minimum Gasteiger partial charge on any atom is -0.368 e. The van der Waals surface area contributed by atoms with Crippen LogP contribution in [0.25, 0.3) is 0 Å². The maximum Gasteiger partial charge on any atom is 0.226 e. The summed E-state index contributed by atoms with van der Waals surface area (Å²) in [5, 5.41) is 5.90. The number of benzene rings is 1. The smallest absolute Gasteiger partial charge is 0.226 e. The molecule has 26 heavy (non-hydrogen) atoms. The predicted octanol–water partition coefficient (Wildman–Crippen LogP) is 3.17. The molecule has 0 spiro atoms. The van der Waals surface area contributed by atoms with Gasteiger partial charge in [-0.3, -0.25) is 9.59 Å². The molecule has 0 atom stereocenters. The van der Waals surface area contributed by atoms with E-state index in [4.69, 9.17) is 11.6 Å². The van der Waals surface area contributed by atoms with Gasteiger partial charge in [0.05, 0.1) is 5.69 Å². The topological polar surface area (TPSA) is 65.5 Å². The highest BCUT2D eigenvalue weighted by atomic mass is 35.5. The summed E-state index contributed by atoms with van der Waals surface area (Å²) in [7, 11) is 0. The SMILES string of the molecule is Cc1csc(NC(=O)CCC(=O)N2CCN(c3cccc(Cl)c3)CC2)n1. The number of aromatic nitrogens is 1. The van der Waals surface area contributed by atoms with Crippen molar-refractivity contribution in [1.82, 2.24) is 9.88 Å². The van der Waals surface area contributed by atoms with Crippen LogP contribution in [-0.4, -0.2) is 47.9 Å². The van der Waals surface area contributed by atoms with E-state index in [0.717, 1.165) is 24.5 Å². The van der Waals surface area contributed by atoms with E-state index in [9.17, 15) is 9.59 Å². The fourth-order valence-electron chi connectivity index (χ4n) is 2.86. The van der Waals surface area contributed by atoms with E-state index < -0.39 is 0 Å². The zero-order valence-electron chi connectivity index (χ0n) is 14.6. The number of rotatable bonds is 5. The van der Waals surface area contributed by atoms with Crippen LogP contribution in [0.5, 0.6) is 0 Å². The molecule has 0 radical (unpaired) electrons. The lowest BCUT2D eigenvalue weighted by molar-refractivity contribution is -0.133. The van der Waals surface area contributed by atoms with Gasteiger partial charge in [0.15, 0.2) is 5.13 Å². The first-order valence-electron chi connectivity index (χ1n) is 8.51. The predicted molar refractivity (Wildman–Crippen MR) is 105 cm³/mol. The molecule has 1 saturated heterocycles. The molecule has 1 aromatic carbocycles. The number of nitrogens with one attached hydrogen (secondary N) is 1. The molecule has 0 bridgehead atoms. The van der Waals surface area contributed by atoms with Crippen LogP contribution in [0, 0.1) is 6.92 Å². The normalized spacial score (nSPS) is 14.4. The van der Waals surface area contributed by atoms with Gasteiger partial charge in [-0.2, -0.15) is 0 Å². The largest absolute Gasteiger partial charge is 0.368 e. The van der Waals surface area contributed by atoms with Crippen LogP contribution in [-0.2, 0) is 9.59 Å². The molecule has 0 saturated carbocycles. The highest BCUT2D eigenvalue weighted by molar-refractivity contribution is 7.13. The van der Waals surface area contributed by atoms with Crippen LogP contribution in [0.4, 0.5) is 10.8 Å². The number of carbonyl (C=O) groups is 2. The van der Waals surface area contributed by atoms with E-state index >= 15 is 0 Å². The number of thiazole rings is 1. The molecule has 0 aliphatic carbocycles. The Morgan fingerprint density at radius 1 is 1.23 bits per heavy atom. The minimum atomic E-state index is -0.176. The van der Waals surface area contributed by atoms with Crippen molar-refractivity contribution in [3.05, 3.63) is 40.4 Å². The molecule has 2 amide bonds. The first kappa shape index (κ1) is 18.7. The van der Waals surface area contributed by atoms with Crippen molar-refractivity contribution in [2.24, 2.45) is 0 Å². The molecule has 1 aromatic heterocycles. The van der Waals surface area contributed by atoms with E-state index in [1.54, 1.807) is 0 Å². The first-order valence-corrected chi connectivity index (χ1v) is 9.77. The average molecular weight is 393 g/mol. The van der Waals surface area contributed by atoms with Crippen molar-refractivity contribution in [2.75, 3.05) is 36.4 Å². The summed E-state index contributed by atoms with van der Waals surface area (Å²) in [5.41, 5.74) is 1.95. The number of amides is 2. The maximum atomic E-state index is 12.3. The third-order valence-corrected chi connectivity index (χ3v) is 5.35. The van der Waals surface area contributed by atoms with E-state index in [0.29, 0.717) is 23.2 Å². The van der Waals surface area contributed by atoms with Crippen LogP contribution >= 0.6 is 22.9 Å². The second-order valence-corrected chi connectivity index (χ2v) is 7.48. The molecule has 138 valence electrons. The van der Waals surface area contributed by atoms with Crippen molar-refractivity contribution in [3.8, 4) is 0 Å². The van der Waals surface area contributed by atoms with Crippen molar-refractivity contribution < 1.29 is 9.59 Å². The van der Waals surface area contributed by atoms with Crippen molar-refractivity contribution >= 4 is 45.6 Å². The highest BCUT2D eigenvalue weighted by Gasteiger charge is 2.22. The van der Waals surface area contributed by atoms with E-state index in [2.05, 4.69) is 15.2 Å². The van der Waals surface area contributed by atoms with Crippen molar-refractivity contribution in [2.45, 2.75) is 19.8 Å². The minimum absolute atomic E-state index is 0.0150. The van der Waals surface area contributed by atoms with Crippen LogP contribution in [0.15, 0.2) is 29.6 Å². The molecule has 1 N–H and O–H groups in total. The van der Waals surface area contributed by atoms with Gasteiger partial charge in [-0.25, -0.2) is 4.98 Å². The molecule has 1 aliphatic heterocycles. The lowest BCUT2D eigenvalue weighted by Crippen LogP contribution is -2.48. The van der Waals surface area contributed by atoms with Crippen LogP contribution in [0.3, 0.4) is 0 Å². The Morgan fingerprint density at radius 3 is 2.65 bits per heavy atom. The van der Waals surface area contributed by atoms with Crippen LogP contribution in [0.2, 0.25) is 5.02 Å². The lowest BCUT2D eigenvalue weighted by Gasteiger charge is -2.36. The number of aryl methyl sites for hydroxylation is 1. The summed E-state index contributed by atoms with van der Waals surface area (Å²) in [4.78, 5) is 32.5. The monoisotopic (exact) mass is 392 g/mol. The van der Waals surface area contributed by atoms with Gasteiger partial charge in [-0.1, -0.05) is 17.7 Å². The summed E-state index contributed by atoms with van der Waals surface area (Å²) in [6.45, 7) is 4.70. The summed E-state index contributed by atoms with van der Waals surface area (Å²) in [6.07, 6.45) is 0.388. The van der Waals surface area contributed by atoms with Gasteiger partial charge in [0.25, 0.3) is 0 Å². The number of piperazine rings is 1. The Kier molecular flexibility index (Phi) is 6.11. The first-order chi connectivity index (χ1) is 12.5. The lowest BCUT2D eigenvalue weighted by atomic mass is 10.2. The zero-order chi connectivity index (χ0) is 18.5. The van der Waals surface area contributed by atoms with Gasteiger partial charge >= 0.3 is 0 Å². The molecule has 1 fully saturated rings. The fraction of sp³-hybridized carbons (Fsp3) is 0.389. The molecular weight excluding hydrogens is 372 g/mol. The van der Waals surface area contributed by atoms with Gasteiger partial charge in [-0.05, 0) is 25.1 Å². The number of hydrogen-bond acceptors (Lipinski definition) is 5. The zero-order valence-corrected chi connectivity index (χ0v) is 16.1. The van der Waals surface area contributed by atoms with Gasteiger partial charge in [0.2, 0.25) is 11.8 Å². The third-order valence-electron chi connectivity index (χ3n) is 4.24. The molecule has 0 unspecified atom stereocenters. The highest BCUT2D eigenvalue weighted by Crippen LogP contribution is 2.21. The summed E-state index contributed by atoms with van der Waals surface area (Å²) in [6, 6.07) is 7.73. The van der Waals surface area contributed by atoms with Gasteiger partial charge < -0.3 is 15.1 Å². The van der Waals surface area contributed by atoms with E-state index in [1.165, 1.54) is 11.3 Å². The Balaban J connectivity index is 1.42. The number of carbonyl (C=O) groups excluding carboxylic acids is 2. The maximum absolute atomic E-state index is 12.3. The average Bonchev–Trinajstić information content (AvgIpc) is 3.04. The molecule has 3 rings (SSSR count). The molecule has 6 nitrogen and oxygen atoms in total. The van der Waals surface area contributed by atoms with Gasteiger partial charge in [-0.15, -0.1) is 11.3 Å². The number of nitrogens with zero attached hydrogens (tertiary/aromatic N) is 3. The summed E-state index contributed by atoms with van der Waals surface area (Å²) in [5.74, 6) is -0.161. The van der Waals surface area contributed by atoms with Crippen LogP contribution in [0.1, 0.15) is 18.5 Å². The second-order valence-electron chi connectivity index (χ2n) is 6.19. The Morgan fingerprint density at radius 2 is 2.00 bits per heavy atom. The van der Waals surface area contributed by atoms with E-state index in [-0.39, 0.29) is 24.7 Å². The molecule has 1 aliphatic rings. The molecule has 2 aromatic rings. The van der Waals surface area contributed by atoms with Gasteiger partial charge in [0.1, 0.15) is 0 Å². The number of anilines is 2. The Bertz CT molecular complexity index is 787. The van der Waals surface area contributed by atoms with Crippen LogP contribution < -0.4 is 10.2 Å². The fourth-order valence-corrected chi connectivity index (χ4v) is 3.75. The second kappa shape index (κ2) is 8.51. The number of halogens is 1. The Hall–Kier alpha value is -2.12. The molecule has 8 heteroatoms. The summed E-state index contributed by atoms with van der Waals surface area (Å²) >= 11 is 7.43. The van der Waals surface area contributed by atoms with Gasteiger partial charge in [0, 0.05) is 55.1 Å². The standard InChI is InChI=1S/C18H21ClN4O2S/c1-13-12-26-18(20-13)21-16(24)5-6-17(25)23-9-7-22(8-10-23)15-4-2-3-14(19)11-15/h2-4,11-12H,5-10H2,1H3,(H,20,21,24). The van der Waals surface area contributed by atoms with Crippen molar-refractivity contribution in [1.29, 1.82) is 0 Å². The summed E-state index contributed by atoms with van der Waals surface area (Å²) < 4.78 is 0. The number of hydrogen-bond donors (Lipinski definition) is 1. The van der Waals surface area contributed by atoms with E-state index in [1.807, 2.05) is 41.5 Å². The third kappa shape index (κ3) is 4.95.